The first-order chi connectivity index (χ1) is 7.36. The van der Waals surface area contributed by atoms with Gasteiger partial charge in [0.05, 0.1) is 12.7 Å². The van der Waals surface area contributed by atoms with Crippen LogP contribution in [0.4, 0.5) is 0 Å². The molecule has 90 valence electrons. The van der Waals surface area contributed by atoms with Crippen LogP contribution in [0.25, 0.3) is 0 Å². The van der Waals surface area contributed by atoms with Crippen molar-refractivity contribution in [1.29, 1.82) is 0 Å². The maximum absolute atomic E-state index is 5.76. The topological polar surface area (TPSA) is 21.7 Å². The van der Waals surface area contributed by atoms with Crippen LogP contribution in [0.2, 0.25) is 0 Å². The van der Waals surface area contributed by atoms with Gasteiger partial charge in [0.2, 0.25) is 0 Å². The van der Waals surface area contributed by atoms with E-state index in [-0.39, 0.29) is 0 Å². The van der Waals surface area contributed by atoms with Gasteiger partial charge in [0.15, 0.2) is 0 Å². The molecule has 0 N–H and O–H groups in total. The Morgan fingerprint density at radius 1 is 1.40 bits per heavy atom. The molecule has 3 nitrogen and oxygen atoms in total. The minimum absolute atomic E-state index is 0.477. The quantitative estimate of drug-likeness (QED) is 0.599. The fourth-order valence-electron chi connectivity index (χ4n) is 1.87. The second kappa shape index (κ2) is 8.34. The molecular weight excluding hydrogens is 214 g/mol. The molecule has 0 aromatic rings. The smallest absolute Gasteiger partial charge is 0.0589 e. The predicted octanol–water partition coefficient (Wildman–Crippen LogP) is 1.74. The molecular formula is C11H22ClNO2. The number of hydrogen-bond acceptors (Lipinski definition) is 3. The highest BCUT2D eigenvalue weighted by Crippen LogP contribution is 2.15. The van der Waals surface area contributed by atoms with E-state index < -0.39 is 0 Å². The van der Waals surface area contributed by atoms with Crippen molar-refractivity contribution in [2.75, 3.05) is 45.8 Å². The van der Waals surface area contributed by atoms with E-state index in [9.17, 15) is 0 Å². The molecule has 1 heterocycles. The number of ether oxygens (including phenoxy) is 2. The van der Waals surface area contributed by atoms with Gasteiger partial charge in [0, 0.05) is 39.2 Å². The van der Waals surface area contributed by atoms with Crippen molar-refractivity contribution < 1.29 is 9.47 Å². The highest BCUT2D eigenvalue weighted by Gasteiger charge is 2.16. The molecule has 0 spiro atoms. The van der Waals surface area contributed by atoms with Crippen molar-refractivity contribution in [3.8, 4) is 0 Å². The van der Waals surface area contributed by atoms with Crippen molar-refractivity contribution in [2.45, 2.75) is 25.4 Å². The largest absolute Gasteiger partial charge is 0.383 e. The van der Waals surface area contributed by atoms with Crippen molar-refractivity contribution in [3.05, 3.63) is 0 Å². The Kier molecular flexibility index (Phi) is 7.36. The van der Waals surface area contributed by atoms with E-state index in [2.05, 4.69) is 4.90 Å². The number of nitrogens with zero attached hydrogens (tertiary/aromatic N) is 1. The molecule has 0 aromatic carbocycles. The summed E-state index contributed by atoms with van der Waals surface area (Å²) < 4.78 is 10.7. The second-order valence-corrected chi connectivity index (χ2v) is 4.33. The second-order valence-electron chi connectivity index (χ2n) is 3.95. The standard InChI is InChI=1S/C11H22ClNO2/c1-14-10-8-13(7-5-12)6-4-11-3-2-9-15-11/h11H,2-10H2,1H3. The van der Waals surface area contributed by atoms with Gasteiger partial charge in [-0.2, -0.15) is 0 Å². The van der Waals surface area contributed by atoms with Gasteiger partial charge in [-0.1, -0.05) is 0 Å². The fraction of sp³-hybridized carbons (Fsp3) is 1.00. The molecule has 1 atom stereocenters. The van der Waals surface area contributed by atoms with Gasteiger partial charge in [-0.25, -0.2) is 0 Å². The summed E-state index contributed by atoms with van der Waals surface area (Å²) in [7, 11) is 1.74. The summed E-state index contributed by atoms with van der Waals surface area (Å²) in [6, 6.07) is 0. The first kappa shape index (κ1) is 13.2. The third kappa shape index (κ3) is 5.71. The SMILES string of the molecule is COCCN(CCCl)CCC1CCCO1. The van der Waals surface area contributed by atoms with Crippen LogP contribution in [0.1, 0.15) is 19.3 Å². The lowest BCUT2D eigenvalue weighted by Gasteiger charge is -2.22. The lowest BCUT2D eigenvalue weighted by atomic mass is 10.2. The van der Waals surface area contributed by atoms with Crippen LogP contribution in [-0.4, -0.2) is 56.8 Å². The Balaban J connectivity index is 2.11. The third-order valence-electron chi connectivity index (χ3n) is 2.80. The summed E-state index contributed by atoms with van der Waals surface area (Å²) in [6.07, 6.45) is 4.04. The average Bonchev–Trinajstić information content (AvgIpc) is 2.75. The number of alkyl halides is 1. The molecule has 1 rings (SSSR count). The lowest BCUT2D eigenvalue weighted by Crippen LogP contribution is -2.32. The molecule has 4 heteroatoms. The average molecular weight is 236 g/mol. The molecule has 0 saturated carbocycles. The highest BCUT2D eigenvalue weighted by molar-refractivity contribution is 6.18. The van der Waals surface area contributed by atoms with Crippen LogP contribution < -0.4 is 0 Å². The molecule has 0 aliphatic carbocycles. The molecule has 0 bridgehead atoms. The van der Waals surface area contributed by atoms with E-state index in [1.54, 1.807) is 7.11 Å². The molecule has 15 heavy (non-hydrogen) atoms. The summed E-state index contributed by atoms with van der Waals surface area (Å²) in [4.78, 5) is 2.35. The van der Waals surface area contributed by atoms with Crippen LogP contribution in [0.3, 0.4) is 0 Å². The number of rotatable bonds is 8. The minimum atomic E-state index is 0.477. The highest BCUT2D eigenvalue weighted by atomic mass is 35.5. The van der Waals surface area contributed by atoms with Crippen molar-refractivity contribution in [2.24, 2.45) is 0 Å². The van der Waals surface area contributed by atoms with Crippen molar-refractivity contribution in [1.82, 2.24) is 4.90 Å². The number of hydrogen-bond donors (Lipinski definition) is 0. The molecule has 1 unspecified atom stereocenters. The lowest BCUT2D eigenvalue weighted by molar-refractivity contribution is 0.0864. The Bertz CT molecular complexity index is 152. The monoisotopic (exact) mass is 235 g/mol. The fourth-order valence-corrected chi connectivity index (χ4v) is 2.11. The first-order valence-corrected chi connectivity index (χ1v) is 6.29. The van der Waals surface area contributed by atoms with Crippen LogP contribution in [0, 0.1) is 0 Å². The van der Waals surface area contributed by atoms with E-state index in [4.69, 9.17) is 21.1 Å². The van der Waals surface area contributed by atoms with Crippen LogP contribution in [-0.2, 0) is 9.47 Å². The summed E-state index contributed by atoms with van der Waals surface area (Å²) in [5.41, 5.74) is 0. The van der Waals surface area contributed by atoms with Gasteiger partial charge >= 0.3 is 0 Å². The molecule has 0 radical (unpaired) electrons. The molecule has 0 aromatic heterocycles. The van der Waals surface area contributed by atoms with Gasteiger partial charge in [-0.05, 0) is 19.3 Å². The van der Waals surface area contributed by atoms with Crippen molar-refractivity contribution >= 4 is 11.6 Å². The van der Waals surface area contributed by atoms with Gasteiger partial charge in [0.25, 0.3) is 0 Å². The summed E-state index contributed by atoms with van der Waals surface area (Å²) in [6.45, 7) is 4.70. The van der Waals surface area contributed by atoms with Crippen LogP contribution >= 0.6 is 11.6 Å². The Morgan fingerprint density at radius 2 is 2.27 bits per heavy atom. The molecule has 1 fully saturated rings. The first-order valence-electron chi connectivity index (χ1n) is 5.75. The maximum atomic E-state index is 5.76. The van der Waals surface area contributed by atoms with Crippen LogP contribution in [0.5, 0.6) is 0 Å². The Morgan fingerprint density at radius 3 is 2.87 bits per heavy atom. The van der Waals surface area contributed by atoms with Gasteiger partial charge < -0.3 is 9.47 Å². The van der Waals surface area contributed by atoms with E-state index in [0.717, 1.165) is 39.3 Å². The van der Waals surface area contributed by atoms with Crippen LogP contribution in [0.15, 0.2) is 0 Å². The molecule has 1 aliphatic rings. The van der Waals surface area contributed by atoms with Gasteiger partial charge in [-0.15, -0.1) is 11.6 Å². The number of halogens is 1. The zero-order valence-electron chi connectivity index (χ0n) is 9.58. The van der Waals surface area contributed by atoms with E-state index in [1.807, 2.05) is 0 Å². The van der Waals surface area contributed by atoms with Gasteiger partial charge in [0.1, 0.15) is 0 Å². The Labute approximate surface area is 97.7 Å². The zero-order valence-corrected chi connectivity index (χ0v) is 10.3. The van der Waals surface area contributed by atoms with E-state index in [1.165, 1.54) is 12.8 Å². The summed E-state index contributed by atoms with van der Waals surface area (Å²) >= 11 is 5.76. The summed E-state index contributed by atoms with van der Waals surface area (Å²) in [5.74, 6) is 0.690. The molecule has 1 saturated heterocycles. The number of methoxy groups -OCH3 is 1. The van der Waals surface area contributed by atoms with E-state index >= 15 is 0 Å². The normalized spacial score (nSPS) is 21.4. The Hall–Kier alpha value is 0.170. The summed E-state index contributed by atoms with van der Waals surface area (Å²) in [5, 5.41) is 0. The van der Waals surface area contributed by atoms with Gasteiger partial charge in [-0.3, -0.25) is 4.90 Å². The van der Waals surface area contributed by atoms with E-state index in [0.29, 0.717) is 12.0 Å². The molecule has 1 aliphatic heterocycles. The molecule has 0 amide bonds. The minimum Gasteiger partial charge on any atom is -0.383 e. The van der Waals surface area contributed by atoms with Crippen molar-refractivity contribution in [3.63, 3.8) is 0 Å². The third-order valence-corrected chi connectivity index (χ3v) is 2.97. The predicted molar refractivity (Wildman–Crippen MR) is 62.6 cm³/mol. The zero-order chi connectivity index (χ0) is 10.9. The maximum Gasteiger partial charge on any atom is 0.0589 e.